The van der Waals surface area contributed by atoms with E-state index in [2.05, 4.69) is 15.3 Å². The molecule has 0 saturated heterocycles. The van der Waals surface area contributed by atoms with Crippen LogP contribution in [0.15, 0.2) is 60.9 Å². The Balaban J connectivity index is 1.64. The van der Waals surface area contributed by atoms with E-state index in [1.165, 1.54) is 18.3 Å². The maximum Gasteiger partial charge on any atom is 0.258 e. The van der Waals surface area contributed by atoms with Gasteiger partial charge in [-0.15, -0.1) is 0 Å². The average Bonchev–Trinajstić information content (AvgIpc) is 2.63. The van der Waals surface area contributed by atoms with Crippen LogP contribution in [0.1, 0.15) is 40.2 Å². The van der Waals surface area contributed by atoms with Gasteiger partial charge in [0.2, 0.25) is 0 Å². The van der Waals surface area contributed by atoms with E-state index >= 15 is 0 Å². The molecule has 0 fully saturated rings. The number of hydrogen-bond donors (Lipinski definition) is 2. The van der Waals surface area contributed by atoms with Gasteiger partial charge in [0.15, 0.2) is 0 Å². The molecule has 6 heteroatoms. The summed E-state index contributed by atoms with van der Waals surface area (Å²) < 4.78 is 13.2. The summed E-state index contributed by atoms with van der Waals surface area (Å²) in [5.74, 6) is -0.188. The Hall–Kier alpha value is -3.12. The number of pyridine rings is 2. The largest absolute Gasteiger partial charge is 0.387 e. The lowest BCUT2D eigenvalue weighted by Gasteiger charge is -2.07. The zero-order valence-electron chi connectivity index (χ0n) is 14.2. The van der Waals surface area contributed by atoms with E-state index in [4.69, 9.17) is 0 Å². The number of aromatic nitrogens is 2. The number of hydrogen-bond acceptors (Lipinski definition) is 4. The highest BCUT2D eigenvalue weighted by Crippen LogP contribution is 2.14. The van der Waals surface area contributed by atoms with E-state index in [1.807, 2.05) is 12.1 Å². The van der Waals surface area contributed by atoms with Gasteiger partial charge in [-0.3, -0.25) is 9.78 Å². The summed E-state index contributed by atoms with van der Waals surface area (Å²) in [5.41, 5.74) is 2.64. The molecule has 1 amide bonds. The van der Waals surface area contributed by atoms with Gasteiger partial charge >= 0.3 is 0 Å². The molecule has 3 rings (SSSR count). The van der Waals surface area contributed by atoms with Crippen LogP contribution in [0, 0.1) is 5.82 Å². The van der Waals surface area contributed by atoms with Crippen molar-refractivity contribution in [2.24, 2.45) is 0 Å². The Labute approximate surface area is 150 Å². The maximum absolute atomic E-state index is 13.2. The van der Waals surface area contributed by atoms with Crippen LogP contribution in [0.2, 0.25) is 0 Å². The maximum atomic E-state index is 13.2. The minimum absolute atomic E-state index is 0.269. The molecule has 0 radical (unpaired) electrons. The molecule has 0 saturated carbocycles. The SMILES string of the molecule is CC(O)c1ccc(C(=O)Nc2ccc(Cc3cccc(F)c3)cn2)cn1. The van der Waals surface area contributed by atoms with Gasteiger partial charge < -0.3 is 10.4 Å². The molecule has 0 aliphatic carbocycles. The van der Waals surface area contributed by atoms with Gasteiger partial charge in [-0.25, -0.2) is 9.37 Å². The Morgan fingerprint density at radius 2 is 1.96 bits per heavy atom. The predicted molar refractivity (Wildman–Crippen MR) is 96.3 cm³/mol. The molecule has 2 aromatic heterocycles. The number of amides is 1. The Kier molecular flexibility index (Phi) is 5.34. The molecular formula is C20H18FN3O2. The fourth-order valence-electron chi connectivity index (χ4n) is 2.46. The second-order valence-electron chi connectivity index (χ2n) is 5.96. The second kappa shape index (κ2) is 7.84. The molecular weight excluding hydrogens is 333 g/mol. The van der Waals surface area contributed by atoms with E-state index in [1.54, 1.807) is 37.4 Å². The van der Waals surface area contributed by atoms with Crippen molar-refractivity contribution < 1.29 is 14.3 Å². The van der Waals surface area contributed by atoms with Crippen molar-refractivity contribution in [2.45, 2.75) is 19.4 Å². The summed E-state index contributed by atoms with van der Waals surface area (Å²) in [6.45, 7) is 1.61. The number of carbonyl (C=O) groups is 1. The third-order valence-electron chi connectivity index (χ3n) is 3.84. The number of anilines is 1. The fourth-order valence-corrected chi connectivity index (χ4v) is 2.46. The Morgan fingerprint density at radius 3 is 2.58 bits per heavy atom. The summed E-state index contributed by atoms with van der Waals surface area (Å²) in [6, 6.07) is 13.2. The molecule has 1 unspecified atom stereocenters. The Bertz CT molecular complexity index is 894. The van der Waals surface area contributed by atoms with Crippen molar-refractivity contribution in [3.05, 3.63) is 89.1 Å². The number of nitrogens with zero attached hydrogens (tertiary/aromatic N) is 2. The summed E-state index contributed by atoms with van der Waals surface area (Å²) >= 11 is 0. The van der Waals surface area contributed by atoms with E-state index in [0.29, 0.717) is 23.5 Å². The van der Waals surface area contributed by atoms with Gasteiger partial charge in [-0.2, -0.15) is 0 Å². The van der Waals surface area contributed by atoms with Crippen LogP contribution in [-0.4, -0.2) is 21.0 Å². The van der Waals surface area contributed by atoms with E-state index in [9.17, 15) is 14.3 Å². The molecule has 2 N–H and O–H groups in total. The minimum atomic E-state index is -0.681. The number of halogens is 1. The molecule has 132 valence electrons. The summed E-state index contributed by atoms with van der Waals surface area (Å²) in [4.78, 5) is 20.5. The highest BCUT2D eigenvalue weighted by atomic mass is 19.1. The monoisotopic (exact) mass is 351 g/mol. The van der Waals surface area contributed by atoms with Crippen LogP contribution < -0.4 is 5.32 Å². The lowest BCUT2D eigenvalue weighted by molar-refractivity contribution is 0.102. The van der Waals surface area contributed by atoms with Gasteiger partial charge in [-0.05, 0) is 54.8 Å². The quantitative estimate of drug-likeness (QED) is 0.738. The zero-order valence-corrected chi connectivity index (χ0v) is 14.2. The molecule has 3 aromatic rings. The van der Waals surface area contributed by atoms with E-state index < -0.39 is 6.10 Å². The average molecular weight is 351 g/mol. The molecule has 26 heavy (non-hydrogen) atoms. The first-order chi connectivity index (χ1) is 12.5. The number of aliphatic hydroxyl groups is 1. The summed E-state index contributed by atoms with van der Waals surface area (Å²) in [7, 11) is 0. The first-order valence-corrected chi connectivity index (χ1v) is 8.16. The van der Waals surface area contributed by atoms with Crippen LogP contribution >= 0.6 is 0 Å². The third-order valence-corrected chi connectivity index (χ3v) is 3.84. The van der Waals surface area contributed by atoms with Crippen LogP contribution in [0.5, 0.6) is 0 Å². The highest BCUT2D eigenvalue weighted by molar-refractivity contribution is 6.03. The van der Waals surface area contributed by atoms with Crippen LogP contribution in [0.25, 0.3) is 0 Å². The first-order valence-electron chi connectivity index (χ1n) is 8.16. The number of nitrogens with one attached hydrogen (secondary N) is 1. The molecule has 0 bridgehead atoms. The van der Waals surface area contributed by atoms with Crippen molar-refractivity contribution in [1.82, 2.24) is 9.97 Å². The molecule has 0 aliphatic rings. The van der Waals surface area contributed by atoms with Crippen molar-refractivity contribution >= 4 is 11.7 Å². The van der Waals surface area contributed by atoms with E-state index in [-0.39, 0.29) is 11.7 Å². The topological polar surface area (TPSA) is 75.1 Å². The molecule has 5 nitrogen and oxygen atoms in total. The van der Waals surface area contributed by atoms with Crippen LogP contribution in [-0.2, 0) is 6.42 Å². The second-order valence-corrected chi connectivity index (χ2v) is 5.96. The molecule has 0 spiro atoms. The summed E-state index contributed by atoms with van der Waals surface area (Å²) in [5, 5.41) is 12.1. The molecule has 1 aromatic carbocycles. The number of rotatable bonds is 5. The Morgan fingerprint density at radius 1 is 1.12 bits per heavy atom. The lowest BCUT2D eigenvalue weighted by Crippen LogP contribution is -2.13. The zero-order chi connectivity index (χ0) is 18.5. The minimum Gasteiger partial charge on any atom is -0.387 e. The van der Waals surface area contributed by atoms with Crippen LogP contribution in [0.3, 0.4) is 0 Å². The third kappa shape index (κ3) is 4.49. The van der Waals surface area contributed by atoms with Gasteiger partial charge in [0.05, 0.1) is 17.4 Å². The van der Waals surface area contributed by atoms with Crippen molar-refractivity contribution in [3.63, 3.8) is 0 Å². The molecule has 2 heterocycles. The van der Waals surface area contributed by atoms with Gasteiger partial charge in [0.1, 0.15) is 11.6 Å². The van der Waals surface area contributed by atoms with Crippen molar-refractivity contribution in [3.8, 4) is 0 Å². The van der Waals surface area contributed by atoms with Crippen LogP contribution in [0.4, 0.5) is 10.2 Å². The summed E-state index contributed by atoms with van der Waals surface area (Å²) in [6.07, 6.45) is 2.94. The number of carbonyl (C=O) groups excluding carboxylic acids is 1. The normalized spacial score (nSPS) is 11.8. The number of aliphatic hydroxyl groups excluding tert-OH is 1. The first kappa shape index (κ1) is 17.7. The molecule has 1 atom stereocenters. The van der Waals surface area contributed by atoms with Gasteiger partial charge in [0, 0.05) is 12.4 Å². The van der Waals surface area contributed by atoms with Crippen molar-refractivity contribution in [1.29, 1.82) is 0 Å². The van der Waals surface area contributed by atoms with Gasteiger partial charge in [0.25, 0.3) is 5.91 Å². The van der Waals surface area contributed by atoms with Crippen molar-refractivity contribution in [2.75, 3.05) is 5.32 Å². The number of benzene rings is 1. The molecule has 0 aliphatic heterocycles. The smallest absolute Gasteiger partial charge is 0.258 e. The lowest BCUT2D eigenvalue weighted by atomic mass is 10.1. The standard InChI is InChI=1S/C20H18FN3O2/c1-13(25)18-7-6-16(12-22-18)20(26)24-19-8-5-15(11-23-19)9-14-3-2-4-17(21)10-14/h2-8,10-13,25H,9H2,1H3,(H,23,24,26). The fraction of sp³-hybridized carbons (Fsp3) is 0.150. The highest BCUT2D eigenvalue weighted by Gasteiger charge is 2.09. The predicted octanol–water partition coefficient (Wildman–Crippen LogP) is 3.51. The van der Waals surface area contributed by atoms with Gasteiger partial charge in [-0.1, -0.05) is 18.2 Å². The van der Waals surface area contributed by atoms with E-state index in [0.717, 1.165) is 11.1 Å².